The molecule has 1 N–H and O–H groups in total. The van der Waals surface area contributed by atoms with Gasteiger partial charge in [0.1, 0.15) is 5.76 Å². The molecule has 0 unspecified atom stereocenters. The molecule has 0 spiro atoms. The van der Waals surface area contributed by atoms with Crippen LogP contribution in [0.4, 0.5) is 0 Å². The molecule has 0 radical (unpaired) electrons. The van der Waals surface area contributed by atoms with Crippen LogP contribution < -0.4 is 5.32 Å². The van der Waals surface area contributed by atoms with Gasteiger partial charge in [0.05, 0.1) is 12.2 Å². The quantitative estimate of drug-likeness (QED) is 0.902. The van der Waals surface area contributed by atoms with Crippen molar-refractivity contribution >= 4 is 5.91 Å². The van der Waals surface area contributed by atoms with Crippen molar-refractivity contribution in [2.75, 3.05) is 32.8 Å². The summed E-state index contributed by atoms with van der Waals surface area (Å²) < 4.78 is 10.7. The van der Waals surface area contributed by atoms with Gasteiger partial charge in [-0.1, -0.05) is 0 Å². The molecule has 2 aliphatic heterocycles. The van der Waals surface area contributed by atoms with Crippen LogP contribution in [-0.4, -0.2) is 49.7 Å². The van der Waals surface area contributed by atoms with Gasteiger partial charge in [-0.15, -0.1) is 0 Å². The second kappa shape index (κ2) is 7.79. The Morgan fingerprint density at radius 1 is 1.32 bits per heavy atom. The molecule has 0 bridgehead atoms. The topological polar surface area (TPSA) is 54.7 Å². The number of piperidine rings is 1. The molecule has 1 amide bonds. The number of carbonyl (C=O) groups is 1. The Balaban J connectivity index is 1.43. The average Bonchev–Trinajstić information content (AvgIpc) is 3.09. The first-order valence-electron chi connectivity index (χ1n) is 8.45. The number of hydrogen-bond donors (Lipinski definition) is 1. The molecular weight excluding hydrogens is 280 g/mol. The SMILES string of the molecule is O=C(NCCc1ccco1)[C@H]1CCCN(C2CCOCC2)C1. The van der Waals surface area contributed by atoms with E-state index < -0.39 is 0 Å². The van der Waals surface area contributed by atoms with E-state index in [9.17, 15) is 4.79 Å². The number of nitrogens with zero attached hydrogens (tertiary/aromatic N) is 1. The van der Waals surface area contributed by atoms with E-state index in [4.69, 9.17) is 9.15 Å². The number of hydrogen-bond acceptors (Lipinski definition) is 4. The summed E-state index contributed by atoms with van der Waals surface area (Å²) >= 11 is 0. The summed E-state index contributed by atoms with van der Waals surface area (Å²) in [5, 5.41) is 3.06. The van der Waals surface area contributed by atoms with Crippen LogP contribution in [0.15, 0.2) is 22.8 Å². The first-order chi connectivity index (χ1) is 10.8. The predicted molar refractivity (Wildman–Crippen MR) is 83.6 cm³/mol. The fourth-order valence-corrected chi connectivity index (χ4v) is 3.51. The van der Waals surface area contributed by atoms with Gasteiger partial charge in [-0.05, 0) is 44.4 Å². The molecule has 122 valence electrons. The molecule has 3 rings (SSSR count). The third-order valence-corrected chi connectivity index (χ3v) is 4.78. The molecule has 0 saturated carbocycles. The van der Waals surface area contributed by atoms with E-state index in [1.165, 1.54) is 0 Å². The Hall–Kier alpha value is -1.33. The fraction of sp³-hybridized carbons (Fsp3) is 0.706. The summed E-state index contributed by atoms with van der Waals surface area (Å²) in [6, 6.07) is 4.43. The monoisotopic (exact) mass is 306 g/mol. The molecule has 1 atom stereocenters. The third kappa shape index (κ3) is 4.11. The van der Waals surface area contributed by atoms with Crippen LogP contribution in [0.2, 0.25) is 0 Å². The summed E-state index contributed by atoms with van der Waals surface area (Å²) in [6.45, 7) is 4.40. The zero-order valence-electron chi connectivity index (χ0n) is 13.1. The highest BCUT2D eigenvalue weighted by molar-refractivity contribution is 5.78. The lowest BCUT2D eigenvalue weighted by molar-refractivity contribution is -0.127. The van der Waals surface area contributed by atoms with Gasteiger partial charge in [0, 0.05) is 38.8 Å². The number of nitrogens with one attached hydrogen (secondary N) is 1. The molecule has 22 heavy (non-hydrogen) atoms. The maximum atomic E-state index is 12.4. The summed E-state index contributed by atoms with van der Waals surface area (Å²) in [6.07, 6.45) is 6.76. The van der Waals surface area contributed by atoms with E-state index in [1.54, 1.807) is 6.26 Å². The molecule has 2 aliphatic rings. The molecule has 3 heterocycles. The van der Waals surface area contributed by atoms with Crippen molar-refractivity contribution in [2.45, 2.75) is 38.1 Å². The minimum absolute atomic E-state index is 0.133. The highest BCUT2D eigenvalue weighted by atomic mass is 16.5. The molecule has 2 saturated heterocycles. The van der Waals surface area contributed by atoms with Crippen LogP contribution in [0.3, 0.4) is 0 Å². The van der Waals surface area contributed by atoms with E-state index in [2.05, 4.69) is 10.2 Å². The molecular formula is C17H26N2O3. The second-order valence-electron chi connectivity index (χ2n) is 6.30. The summed E-state index contributed by atoms with van der Waals surface area (Å²) in [7, 11) is 0. The van der Waals surface area contributed by atoms with Crippen LogP contribution in [0.5, 0.6) is 0 Å². The number of likely N-dealkylation sites (tertiary alicyclic amines) is 1. The predicted octanol–water partition coefficient (Wildman–Crippen LogP) is 1.83. The van der Waals surface area contributed by atoms with Gasteiger partial charge in [-0.2, -0.15) is 0 Å². The fourth-order valence-electron chi connectivity index (χ4n) is 3.51. The Kier molecular flexibility index (Phi) is 5.51. The number of ether oxygens (including phenoxy) is 1. The van der Waals surface area contributed by atoms with Crippen LogP contribution in [0.1, 0.15) is 31.4 Å². The van der Waals surface area contributed by atoms with Crippen LogP contribution in [0, 0.1) is 5.92 Å². The van der Waals surface area contributed by atoms with E-state index in [-0.39, 0.29) is 11.8 Å². The van der Waals surface area contributed by atoms with E-state index in [1.807, 2.05) is 12.1 Å². The maximum absolute atomic E-state index is 12.4. The Morgan fingerprint density at radius 2 is 2.18 bits per heavy atom. The third-order valence-electron chi connectivity index (χ3n) is 4.78. The maximum Gasteiger partial charge on any atom is 0.224 e. The Labute approximate surface area is 132 Å². The Bertz CT molecular complexity index is 454. The van der Waals surface area contributed by atoms with E-state index in [0.717, 1.165) is 64.2 Å². The van der Waals surface area contributed by atoms with Crippen molar-refractivity contribution in [1.29, 1.82) is 0 Å². The molecule has 5 nitrogen and oxygen atoms in total. The zero-order valence-corrected chi connectivity index (χ0v) is 13.1. The lowest BCUT2D eigenvalue weighted by atomic mass is 9.94. The smallest absolute Gasteiger partial charge is 0.224 e. The van der Waals surface area contributed by atoms with Crippen molar-refractivity contribution in [3.8, 4) is 0 Å². The standard InChI is InChI=1S/C17H26N2O3/c20-17(18-8-5-16-4-2-10-22-16)14-3-1-9-19(13-14)15-6-11-21-12-7-15/h2,4,10,14-15H,1,3,5-9,11-13H2,(H,18,20)/t14-/m0/s1. The number of carbonyl (C=O) groups excluding carboxylic acids is 1. The first-order valence-corrected chi connectivity index (χ1v) is 8.45. The lowest BCUT2D eigenvalue weighted by Gasteiger charge is -2.39. The highest BCUT2D eigenvalue weighted by Gasteiger charge is 2.30. The van der Waals surface area contributed by atoms with E-state index >= 15 is 0 Å². The van der Waals surface area contributed by atoms with Crippen molar-refractivity contribution in [2.24, 2.45) is 5.92 Å². The largest absolute Gasteiger partial charge is 0.469 e. The molecule has 2 fully saturated rings. The van der Waals surface area contributed by atoms with Gasteiger partial charge >= 0.3 is 0 Å². The van der Waals surface area contributed by atoms with Crippen molar-refractivity contribution < 1.29 is 13.9 Å². The first kappa shape index (κ1) is 15.6. The van der Waals surface area contributed by atoms with Gasteiger partial charge in [-0.3, -0.25) is 9.69 Å². The molecule has 5 heteroatoms. The van der Waals surface area contributed by atoms with Crippen molar-refractivity contribution in [1.82, 2.24) is 10.2 Å². The minimum Gasteiger partial charge on any atom is -0.469 e. The molecule has 1 aromatic heterocycles. The van der Waals surface area contributed by atoms with Gasteiger partial charge in [0.2, 0.25) is 5.91 Å². The van der Waals surface area contributed by atoms with Crippen LogP contribution in [0.25, 0.3) is 0 Å². The summed E-state index contributed by atoms with van der Waals surface area (Å²) in [4.78, 5) is 14.9. The summed E-state index contributed by atoms with van der Waals surface area (Å²) in [5.41, 5.74) is 0. The number of furan rings is 1. The minimum atomic E-state index is 0.133. The summed E-state index contributed by atoms with van der Waals surface area (Å²) in [5.74, 6) is 1.25. The van der Waals surface area contributed by atoms with Crippen LogP contribution >= 0.6 is 0 Å². The highest BCUT2D eigenvalue weighted by Crippen LogP contribution is 2.23. The second-order valence-corrected chi connectivity index (χ2v) is 6.30. The van der Waals surface area contributed by atoms with Crippen LogP contribution in [-0.2, 0) is 16.0 Å². The van der Waals surface area contributed by atoms with Crippen molar-refractivity contribution in [3.63, 3.8) is 0 Å². The Morgan fingerprint density at radius 3 is 2.95 bits per heavy atom. The lowest BCUT2D eigenvalue weighted by Crippen LogP contribution is -2.48. The van der Waals surface area contributed by atoms with Crippen molar-refractivity contribution in [3.05, 3.63) is 24.2 Å². The molecule has 0 aliphatic carbocycles. The number of rotatable bonds is 5. The normalized spacial score (nSPS) is 24.3. The zero-order chi connectivity index (χ0) is 15.2. The van der Waals surface area contributed by atoms with E-state index in [0.29, 0.717) is 12.6 Å². The molecule has 1 aromatic rings. The molecule has 0 aromatic carbocycles. The van der Waals surface area contributed by atoms with Gasteiger partial charge < -0.3 is 14.5 Å². The van der Waals surface area contributed by atoms with Gasteiger partial charge in [-0.25, -0.2) is 0 Å². The van der Waals surface area contributed by atoms with Gasteiger partial charge in [0.15, 0.2) is 0 Å². The average molecular weight is 306 g/mol. The number of amides is 1. The van der Waals surface area contributed by atoms with Gasteiger partial charge in [0.25, 0.3) is 0 Å².